The number of hydrogen-bond acceptors (Lipinski definition) is 5. The van der Waals surface area contributed by atoms with Crippen LogP contribution in [-0.2, 0) is 26.1 Å². The van der Waals surface area contributed by atoms with Crippen molar-refractivity contribution in [1.29, 1.82) is 0 Å². The Kier molecular flexibility index (Phi) is 9.70. The van der Waals surface area contributed by atoms with Gasteiger partial charge in [0.05, 0.1) is 18.6 Å². The lowest BCUT2D eigenvalue weighted by Crippen LogP contribution is -2.35. The number of rotatable bonds is 6. The van der Waals surface area contributed by atoms with Gasteiger partial charge in [-0.25, -0.2) is 14.6 Å². The van der Waals surface area contributed by atoms with Crippen LogP contribution in [0.4, 0.5) is 0 Å². The Bertz CT molecular complexity index is 998. The van der Waals surface area contributed by atoms with E-state index in [0.29, 0.717) is 43.1 Å². The lowest BCUT2D eigenvalue weighted by molar-refractivity contribution is -0.144. The van der Waals surface area contributed by atoms with Crippen LogP contribution in [0.3, 0.4) is 0 Å². The highest BCUT2D eigenvalue weighted by Crippen LogP contribution is 2.45. The number of carbonyl (C=O) groups is 2. The summed E-state index contributed by atoms with van der Waals surface area (Å²) in [5.74, 6) is 1.11. The number of allylic oxidation sites excluding steroid dienone is 4. The van der Waals surface area contributed by atoms with E-state index < -0.39 is 0 Å². The van der Waals surface area contributed by atoms with Gasteiger partial charge in [-0.2, -0.15) is 0 Å². The first-order valence-electron chi connectivity index (χ1n) is 12.8. The van der Waals surface area contributed by atoms with E-state index in [9.17, 15) is 9.59 Å². The van der Waals surface area contributed by atoms with Gasteiger partial charge in [-0.3, -0.25) is 0 Å². The van der Waals surface area contributed by atoms with E-state index in [-0.39, 0.29) is 18.0 Å². The highest BCUT2D eigenvalue weighted by atomic mass is 16.5. The average Bonchev–Trinajstić information content (AvgIpc) is 3.22. The minimum Gasteiger partial charge on any atom is -0.463 e. The molecule has 6 heteroatoms. The van der Waals surface area contributed by atoms with E-state index in [1.807, 2.05) is 24.7 Å². The summed E-state index contributed by atoms with van der Waals surface area (Å²) in [6.07, 6.45) is 18.7. The first-order valence-corrected chi connectivity index (χ1v) is 12.8. The second-order valence-corrected chi connectivity index (χ2v) is 10.1. The predicted molar refractivity (Wildman–Crippen MR) is 138 cm³/mol. The van der Waals surface area contributed by atoms with Crippen molar-refractivity contribution < 1.29 is 19.1 Å². The summed E-state index contributed by atoms with van der Waals surface area (Å²) in [4.78, 5) is 29.1. The van der Waals surface area contributed by atoms with Gasteiger partial charge in [-0.1, -0.05) is 43.2 Å². The number of nitrogens with zero attached hydrogens (tertiary/aromatic N) is 2. The number of esters is 2. The third-order valence-electron chi connectivity index (χ3n) is 7.19. The highest BCUT2D eigenvalue weighted by molar-refractivity contribution is 5.86. The van der Waals surface area contributed by atoms with Gasteiger partial charge in [0.2, 0.25) is 0 Å². The van der Waals surface area contributed by atoms with Crippen LogP contribution in [-0.4, -0.2) is 34.2 Å². The van der Waals surface area contributed by atoms with Crippen LogP contribution in [0, 0.1) is 23.7 Å². The summed E-state index contributed by atoms with van der Waals surface area (Å²) in [5, 5.41) is 0. The SMILES string of the molecule is CCOC(=O)/C=C1/C/C=C\CC(OC(=O)/C=C/c2cn(C)cn2)CC2C(C)=CCC(C(C)C)C2C1. The molecule has 3 rings (SSSR count). The Morgan fingerprint density at radius 1 is 1.23 bits per heavy atom. The van der Waals surface area contributed by atoms with Crippen molar-refractivity contribution in [2.45, 2.75) is 65.9 Å². The van der Waals surface area contributed by atoms with Gasteiger partial charge in [0.1, 0.15) is 6.10 Å². The van der Waals surface area contributed by atoms with Crippen LogP contribution >= 0.6 is 0 Å². The summed E-state index contributed by atoms with van der Waals surface area (Å²) in [7, 11) is 1.89. The molecule has 0 fully saturated rings. The molecule has 4 atom stereocenters. The van der Waals surface area contributed by atoms with Gasteiger partial charge in [0.25, 0.3) is 0 Å². The highest BCUT2D eigenvalue weighted by Gasteiger charge is 2.37. The molecule has 0 radical (unpaired) electrons. The third-order valence-corrected chi connectivity index (χ3v) is 7.19. The van der Waals surface area contributed by atoms with Crippen molar-refractivity contribution in [3.05, 3.63) is 59.7 Å². The van der Waals surface area contributed by atoms with Gasteiger partial charge >= 0.3 is 11.9 Å². The smallest absolute Gasteiger partial charge is 0.331 e. The number of hydrogen-bond donors (Lipinski definition) is 0. The molecule has 1 aromatic heterocycles. The second kappa shape index (κ2) is 12.7. The lowest BCUT2D eigenvalue weighted by atomic mass is 9.64. The van der Waals surface area contributed by atoms with Gasteiger partial charge in [-0.05, 0) is 69.3 Å². The molecule has 4 unspecified atom stereocenters. The molecule has 0 saturated heterocycles. The normalized spacial score (nSPS) is 27.4. The molecule has 2 aliphatic rings. The Balaban J connectivity index is 1.83. The van der Waals surface area contributed by atoms with Crippen molar-refractivity contribution in [3.8, 4) is 0 Å². The summed E-state index contributed by atoms with van der Waals surface area (Å²) in [6.45, 7) is 8.97. The molecule has 190 valence electrons. The Morgan fingerprint density at radius 2 is 2.03 bits per heavy atom. The lowest BCUT2D eigenvalue weighted by Gasteiger charge is -2.42. The molecule has 35 heavy (non-hydrogen) atoms. The van der Waals surface area contributed by atoms with E-state index in [0.717, 1.165) is 30.5 Å². The molecule has 0 saturated carbocycles. The zero-order valence-corrected chi connectivity index (χ0v) is 21.8. The van der Waals surface area contributed by atoms with E-state index in [4.69, 9.17) is 9.47 Å². The molecule has 0 aromatic carbocycles. The maximum atomic E-state index is 12.6. The van der Waals surface area contributed by atoms with Crippen molar-refractivity contribution >= 4 is 18.0 Å². The number of imidazole rings is 1. The minimum absolute atomic E-state index is 0.204. The molecule has 1 aromatic rings. The minimum atomic E-state index is -0.344. The fourth-order valence-electron chi connectivity index (χ4n) is 5.39. The molecule has 1 heterocycles. The maximum absolute atomic E-state index is 12.6. The topological polar surface area (TPSA) is 70.4 Å². The van der Waals surface area contributed by atoms with E-state index in [2.05, 4.69) is 44.0 Å². The summed E-state index contributed by atoms with van der Waals surface area (Å²) >= 11 is 0. The zero-order chi connectivity index (χ0) is 25.4. The van der Waals surface area contributed by atoms with Gasteiger partial charge < -0.3 is 14.0 Å². The van der Waals surface area contributed by atoms with E-state index in [1.54, 1.807) is 18.5 Å². The van der Waals surface area contributed by atoms with Crippen molar-refractivity contribution in [3.63, 3.8) is 0 Å². The Morgan fingerprint density at radius 3 is 2.71 bits per heavy atom. The first kappa shape index (κ1) is 26.7. The van der Waals surface area contributed by atoms with Crippen molar-refractivity contribution in [2.24, 2.45) is 30.7 Å². The zero-order valence-electron chi connectivity index (χ0n) is 21.8. The molecule has 0 aliphatic heterocycles. The number of carbonyl (C=O) groups excluding carboxylic acids is 2. The molecule has 0 bridgehead atoms. The van der Waals surface area contributed by atoms with Crippen LogP contribution in [0.2, 0.25) is 0 Å². The largest absolute Gasteiger partial charge is 0.463 e. The third kappa shape index (κ3) is 7.81. The van der Waals surface area contributed by atoms with E-state index in [1.165, 1.54) is 11.6 Å². The fourth-order valence-corrected chi connectivity index (χ4v) is 5.39. The monoisotopic (exact) mass is 480 g/mol. The number of fused-ring (bicyclic) bond motifs is 1. The van der Waals surface area contributed by atoms with E-state index >= 15 is 0 Å². The first-order chi connectivity index (χ1) is 16.8. The van der Waals surface area contributed by atoms with Gasteiger partial charge in [0, 0.05) is 31.8 Å². The van der Waals surface area contributed by atoms with Gasteiger partial charge in [0.15, 0.2) is 0 Å². The molecule has 2 aliphatic carbocycles. The standard InChI is InChI=1S/C29H40N2O4/c1-6-34-29(33)16-22-9-7-8-10-24(35-28(32)14-12-23-18-31(5)19-30-23)17-26-21(4)11-13-25(20(2)3)27(26)15-22/h7-8,11-12,14,16,18-20,24-27H,6,9-10,13,15,17H2,1-5H3/b8-7-,14-12+,22-16-. The maximum Gasteiger partial charge on any atom is 0.331 e. The Labute approximate surface area is 209 Å². The molecule has 0 spiro atoms. The molecule has 0 amide bonds. The number of aryl methyl sites for hydroxylation is 1. The quantitative estimate of drug-likeness (QED) is 0.291. The summed E-state index contributed by atoms with van der Waals surface area (Å²) in [6, 6.07) is 0. The van der Waals surface area contributed by atoms with Crippen LogP contribution in [0.5, 0.6) is 0 Å². The predicted octanol–water partition coefficient (Wildman–Crippen LogP) is 5.82. The van der Waals surface area contributed by atoms with Crippen LogP contribution in [0.1, 0.15) is 65.5 Å². The molecular formula is C29H40N2O4. The van der Waals surface area contributed by atoms with Crippen LogP contribution in [0.25, 0.3) is 6.08 Å². The summed E-state index contributed by atoms with van der Waals surface area (Å²) < 4.78 is 13.0. The molecule has 6 nitrogen and oxygen atoms in total. The second-order valence-electron chi connectivity index (χ2n) is 10.1. The van der Waals surface area contributed by atoms with Crippen LogP contribution < -0.4 is 0 Å². The number of aromatic nitrogens is 2. The summed E-state index contributed by atoms with van der Waals surface area (Å²) in [5.41, 5.74) is 3.20. The van der Waals surface area contributed by atoms with Crippen LogP contribution in [0.15, 0.2) is 54.1 Å². The van der Waals surface area contributed by atoms with Crippen molar-refractivity contribution in [1.82, 2.24) is 9.55 Å². The Hall–Kier alpha value is -2.89. The fraction of sp³-hybridized carbons (Fsp3) is 0.552. The van der Waals surface area contributed by atoms with Gasteiger partial charge in [-0.15, -0.1) is 0 Å². The molecule has 0 N–H and O–H groups in total. The number of ether oxygens (including phenoxy) is 2. The van der Waals surface area contributed by atoms with Crippen molar-refractivity contribution in [2.75, 3.05) is 6.61 Å². The molecular weight excluding hydrogens is 440 g/mol. The average molecular weight is 481 g/mol.